The van der Waals surface area contributed by atoms with E-state index in [4.69, 9.17) is 16.3 Å². The fraction of sp³-hybridized carbons (Fsp3) is 0.391. The van der Waals surface area contributed by atoms with Gasteiger partial charge in [0, 0.05) is 13.1 Å². The van der Waals surface area contributed by atoms with Crippen molar-refractivity contribution in [3.8, 4) is 0 Å². The molecule has 1 heterocycles. The maximum absolute atomic E-state index is 12.9. The smallest absolute Gasteiger partial charge is 0.338 e. The van der Waals surface area contributed by atoms with Gasteiger partial charge in [0.2, 0.25) is 10.0 Å². The first-order valence-corrected chi connectivity index (χ1v) is 12.3. The summed E-state index contributed by atoms with van der Waals surface area (Å²) in [6.45, 7) is 6.20. The third kappa shape index (κ3) is 5.49. The van der Waals surface area contributed by atoms with Gasteiger partial charge >= 0.3 is 5.97 Å². The lowest BCUT2D eigenvalue weighted by Crippen LogP contribution is -2.35. The Bertz CT molecular complexity index is 1130. The lowest BCUT2D eigenvalue weighted by molar-refractivity contribution is -0.123. The van der Waals surface area contributed by atoms with Crippen molar-refractivity contribution in [1.29, 1.82) is 0 Å². The number of nitrogens with one attached hydrogen (secondary N) is 1. The molecular formula is C23H27ClN2O5S. The number of anilines is 1. The number of sulfonamides is 1. The molecule has 0 spiro atoms. The van der Waals surface area contributed by atoms with Crippen molar-refractivity contribution in [2.75, 3.05) is 18.4 Å². The maximum atomic E-state index is 12.9. The van der Waals surface area contributed by atoms with Crippen LogP contribution in [0.3, 0.4) is 0 Å². The number of esters is 1. The average Bonchev–Trinajstić information content (AvgIpc) is 2.77. The summed E-state index contributed by atoms with van der Waals surface area (Å²) in [6, 6.07) is 9.34. The summed E-state index contributed by atoms with van der Waals surface area (Å²) in [5.74, 6) is -1.24. The highest BCUT2D eigenvalue weighted by molar-refractivity contribution is 7.89. The van der Waals surface area contributed by atoms with E-state index >= 15 is 0 Å². The Morgan fingerprint density at radius 2 is 1.72 bits per heavy atom. The van der Waals surface area contributed by atoms with Crippen molar-refractivity contribution in [3.05, 3.63) is 58.1 Å². The Balaban J connectivity index is 1.71. The molecule has 0 aliphatic carbocycles. The molecule has 1 aliphatic heterocycles. The summed E-state index contributed by atoms with van der Waals surface area (Å²) in [5.41, 5.74) is 2.47. The normalized spacial score (nSPS) is 15.8. The third-order valence-electron chi connectivity index (χ3n) is 5.54. The van der Waals surface area contributed by atoms with Crippen LogP contribution < -0.4 is 5.32 Å². The van der Waals surface area contributed by atoms with E-state index in [9.17, 15) is 18.0 Å². The molecule has 2 aromatic rings. The minimum atomic E-state index is -3.68. The first-order valence-electron chi connectivity index (χ1n) is 10.5. The second-order valence-electron chi connectivity index (χ2n) is 7.94. The van der Waals surface area contributed by atoms with Crippen molar-refractivity contribution in [1.82, 2.24) is 4.31 Å². The van der Waals surface area contributed by atoms with Crippen LogP contribution in [0.2, 0.25) is 5.02 Å². The van der Waals surface area contributed by atoms with Crippen LogP contribution >= 0.6 is 11.6 Å². The average molecular weight is 479 g/mol. The van der Waals surface area contributed by atoms with Gasteiger partial charge in [0.05, 0.1) is 21.2 Å². The van der Waals surface area contributed by atoms with Crippen LogP contribution in [-0.2, 0) is 19.6 Å². The lowest BCUT2D eigenvalue weighted by Gasteiger charge is -2.26. The number of halogens is 1. The zero-order valence-electron chi connectivity index (χ0n) is 18.4. The molecule has 0 bridgehead atoms. The number of piperidine rings is 1. The molecule has 1 N–H and O–H groups in total. The van der Waals surface area contributed by atoms with Crippen molar-refractivity contribution in [2.24, 2.45) is 0 Å². The molecular weight excluding hydrogens is 452 g/mol. The molecule has 1 aliphatic rings. The molecule has 0 saturated carbocycles. The lowest BCUT2D eigenvalue weighted by atomic mass is 10.1. The maximum Gasteiger partial charge on any atom is 0.338 e. The van der Waals surface area contributed by atoms with E-state index in [1.165, 1.54) is 29.4 Å². The molecule has 1 amide bonds. The van der Waals surface area contributed by atoms with E-state index in [1.807, 2.05) is 19.9 Å². The Morgan fingerprint density at radius 1 is 1.03 bits per heavy atom. The minimum Gasteiger partial charge on any atom is -0.449 e. The molecule has 0 aromatic heterocycles. The summed E-state index contributed by atoms with van der Waals surface area (Å²) in [4.78, 5) is 25.1. The fourth-order valence-electron chi connectivity index (χ4n) is 3.40. The molecule has 0 radical (unpaired) electrons. The van der Waals surface area contributed by atoms with Crippen molar-refractivity contribution >= 4 is 39.2 Å². The highest BCUT2D eigenvalue weighted by Crippen LogP contribution is 2.28. The molecule has 0 unspecified atom stereocenters. The predicted octanol–water partition coefficient (Wildman–Crippen LogP) is 4.32. The largest absolute Gasteiger partial charge is 0.449 e. The Labute approximate surface area is 193 Å². The van der Waals surface area contributed by atoms with E-state index in [-0.39, 0.29) is 15.6 Å². The van der Waals surface area contributed by atoms with Gasteiger partial charge in [-0.2, -0.15) is 4.31 Å². The quantitative estimate of drug-likeness (QED) is 0.624. The van der Waals surface area contributed by atoms with Gasteiger partial charge in [-0.05, 0) is 75.1 Å². The zero-order chi connectivity index (χ0) is 23.5. The summed E-state index contributed by atoms with van der Waals surface area (Å²) >= 11 is 6.18. The van der Waals surface area contributed by atoms with Crippen LogP contribution in [0.4, 0.5) is 5.69 Å². The van der Waals surface area contributed by atoms with E-state index in [0.717, 1.165) is 30.4 Å². The number of nitrogens with zero attached hydrogens (tertiary/aromatic N) is 1. The topological polar surface area (TPSA) is 92.8 Å². The minimum absolute atomic E-state index is 0.0545. The zero-order valence-corrected chi connectivity index (χ0v) is 19.9. The summed E-state index contributed by atoms with van der Waals surface area (Å²) in [5, 5.41) is 2.76. The SMILES string of the molecule is Cc1ccc(C(=O)O[C@H](C)C(=O)Nc2cc(S(=O)(=O)N3CCCCC3)ccc2Cl)cc1C. The summed E-state index contributed by atoms with van der Waals surface area (Å²) in [7, 11) is -3.68. The Morgan fingerprint density at radius 3 is 2.38 bits per heavy atom. The summed E-state index contributed by atoms with van der Waals surface area (Å²) < 4.78 is 32.6. The number of benzene rings is 2. The molecule has 9 heteroatoms. The highest BCUT2D eigenvalue weighted by Gasteiger charge is 2.27. The van der Waals surface area contributed by atoms with Crippen LogP contribution in [0.25, 0.3) is 0 Å². The van der Waals surface area contributed by atoms with Crippen molar-refractivity contribution in [2.45, 2.75) is 51.0 Å². The van der Waals surface area contributed by atoms with Gasteiger partial charge in [-0.3, -0.25) is 4.79 Å². The van der Waals surface area contributed by atoms with E-state index in [1.54, 1.807) is 12.1 Å². The van der Waals surface area contributed by atoms with Crippen LogP contribution in [0, 0.1) is 13.8 Å². The number of amides is 1. The van der Waals surface area contributed by atoms with Crippen LogP contribution in [0.1, 0.15) is 47.7 Å². The molecule has 1 fully saturated rings. The van der Waals surface area contributed by atoms with Gasteiger partial charge in [0.25, 0.3) is 5.91 Å². The van der Waals surface area contributed by atoms with Gasteiger partial charge < -0.3 is 10.1 Å². The van der Waals surface area contributed by atoms with E-state index < -0.39 is 28.0 Å². The molecule has 7 nitrogen and oxygen atoms in total. The molecule has 1 atom stereocenters. The number of rotatable bonds is 6. The second-order valence-corrected chi connectivity index (χ2v) is 10.3. The Hall–Kier alpha value is -2.42. The predicted molar refractivity (Wildman–Crippen MR) is 123 cm³/mol. The van der Waals surface area contributed by atoms with Crippen molar-refractivity contribution in [3.63, 3.8) is 0 Å². The van der Waals surface area contributed by atoms with E-state index in [0.29, 0.717) is 18.7 Å². The monoisotopic (exact) mass is 478 g/mol. The number of carbonyl (C=O) groups is 2. The molecule has 172 valence electrons. The molecule has 2 aromatic carbocycles. The number of hydrogen-bond donors (Lipinski definition) is 1. The van der Waals surface area contributed by atoms with E-state index in [2.05, 4.69) is 5.32 Å². The fourth-order valence-corrected chi connectivity index (χ4v) is 5.11. The van der Waals surface area contributed by atoms with Crippen LogP contribution in [-0.4, -0.2) is 43.8 Å². The second kappa shape index (κ2) is 10.0. The molecule has 3 rings (SSSR count). The first-order chi connectivity index (χ1) is 15.1. The van der Waals surface area contributed by atoms with Gasteiger partial charge in [-0.15, -0.1) is 0 Å². The summed E-state index contributed by atoms with van der Waals surface area (Å²) in [6.07, 6.45) is 1.54. The van der Waals surface area contributed by atoms with Crippen LogP contribution in [0.5, 0.6) is 0 Å². The Kier molecular flexibility index (Phi) is 7.59. The standard InChI is InChI=1S/C23H27ClN2O5S/c1-15-7-8-18(13-16(15)2)23(28)31-17(3)22(27)25-21-14-19(9-10-20(21)24)32(29,30)26-11-5-4-6-12-26/h7-10,13-14,17H,4-6,11-12H2,1-3H3,(H,25,27)/t17-/m1/s1. The van der Waals surface area contributed by atoms with Gasteiger partial charge in [-0.1, -0.05) is 24.1 Å². The van der Waals surface area contributed by atoms with Gasteiger partial charge in [-0.25, -0.2) is 13.2 Å². The van der Waals surface area contributed by atoms with Gasteiger partial charge in [0.15, 0.2) is 6.10 Å². The van der Waals surface area contributed by atoms with Crippen LogP contribution in [0.15, 0.2) is 41.3 Å². The number of carbonyl (C=O) groups excluding carboxylic acids is 2. The van der Waals surface area contributed by atoms with Gasteiger partial charge in [0.1, 0.15) is 0 Å². The number of aryl methyl sites for hydroxylation is 2. The first kappa shape index (κ1) is 24.2. The molecule has 32 heavy (non-hydrogen) atoms. The number of ether oxygens (including phenoxy) is 1. The third-order valence-corrected chi connectivity index (χ3v) is 7.77. The highest BCUT2D eigenvalue weighted by atomic mass is 35.5. The van der Waals surface area contributed by atoms with Crippen molar-refractivity contribution < 1.29 is 22.7 Å². The number of hydrogen-bond acceptors (Lipinski definition) is 5. The molecule has 1 saturated heterocycles.